The van der Waals surface area contributed by atoms with Crippen LogP contribution < -0.4 is 14.8 Å². The van der Waals surface area contributed by atoms with E-state index in [1.807, 2.05) is 56.3 Å². The lowest BCUT2D eigenvalue weighted by atomic mass is 9.83. The molecule has 2 rings (SSSR count). The molecular formula is C20H25NO3. The topological polar surface area (TPSA) is 47.6 Å². The van der Waals surface area contributed by atoms with Gasteiger partial charge in [0.2, 0.25) is 5.91 Å². The molecule has 0 unspecified atom stereocenters. The molecule has 0 heterocycles. The van der Waals surface area contributed by atoms with Gasteiger partial charge in [0.05, 0.1) is 19.6 Å². The number of rotatable bonds is 6. The Morgan fingerprint density at radius 1 is 1.00 bits per heavy atom. The van der Waals surface area contributed by atoms with E-state index in [1.54, 1.807) is 14.2 Å². The molecule has 0 spiro atoms. The molecule has 0 aliphatic heterocycles. The SMILES string of the molecule is CCc1ccc(NC(=O)C(C)(C)c2ccc(OC)c(OC)c2)cc1. The molecule has 0 saturated carbocycles. The molecule has 4 nitrogen and oxygen atoms in total. The fraction of sp³-hybridized carbons (Fsp3) is 0.350. The minimum atomic E-state index is -0.705. The minimum absolute atomic E-state index is 0.0704. The van der Waals surface area contributed by atoms with E-state index in [2.05, 4.69) is 12.2 Å². The number of amides is 1. The van der Waals surface area contributed by atoms with Gasteiger partial charge in [0.1, 0.15) is 0 Å². The van der Waals surface area contributed by atoms with Crippen molar-refractivity contribution in [3.05, 3.63) is 53.6 Å². The first-order valence-corrected chi connectivity index (χ1v) is 8.05. The zero-order valence-electron chi connectivity index (χ0n) is 15.0. The van der Waals surface area contributed by atoms with Crippen LogP contribution in [0.15, 0.2) is 42.5 Å². The number of nitrogens with one attached hydrogen (secondary N) is 1. The fourth-order valence-electron chi connectivity index (χ4n) is 2.47. The van der Waals surface area contributed by atoms with E-state index in [0.29, 0.717) is 11.5 Å². The highest BCUT2D eigenvalue weighted by Gasteiger charge is 2.30. The van der Waals surface area contributed by atoms with E-state index in [-0.39, 0.29) is 5.91 Å². The molecule has 24 heavy (non-hydrogen) atoms. The largest absolute Gasteiger partial charge is 0.493 e. The van der Waals surface area contributed by atoms with Gasteiger partial charge in [-0.3, -0.25) is 4.79 Å². The van der Waals surface area contributed by atoms with E-state index < -0.39 is 5.41 Å². The zero-order valence-corrected chi connectivity index (χ0v) is 15.0. The predicted octanol–water partition coefficient (Wildman–Crippen LogP) is 4.18. The maximum atomic E-state index is 12.8. The number of anilines is 1. The van der Waals surface area contributed by atoms with E-state index in [9.17, 15) is 4.79 Å². The molecule has 0 aliphatic carbocycles. The second kappa shape index (κ2) is 7.39. The number of ether oxygens (including phenoxy) is 2. The van der Waals surface area contributed by atoms with Crippen molar-refractivity contribution in [1.82, 2.24) is 0 Å². The number of aryl methyl sites for hydroxylation is 1. The number of hydrogen-bond donors (Lipinski definition) is 1. The molecule has 0 saturated heterocycles. The molecule has 128 valence electrons. The molecule has 4 heteroatoms. The van der Waals surface area contributed by atoms with E-state index in [4.69, 9.17) is 9.47 Å². The van der Waals surface area contributed by atoms with Crippen LogP contribution in [0.4, 0.5) is 5.69 Å². The minimum Gasteiger partial charge on any atom is -0.493 e. The van der Waals surface area contributed by atoms with Crippen molar-refractivity contribution in [2.75, 3.05) is 19.5 Å². The third-order valence-electron chi connectivity index (χ3n) is 4.29. The first kappa shape index (κ1) is 17.9. The van der Waals surface area contributed by atoms with Gasteiger partial charge in [0.15, 0.2) is 11.5 Å². The molecule has 0 aliphatic rings. The van der Waals surface area contributed by atoms with Crippen LogP contribution in [-0.4, -0.2) is 20.1 Å². The van der Waals surface area contributed by atoms with Crippen molar-refractivity contribution in [2.45, 2.75) is 32.6 Å². The molecular weight excluding hydrogens is 302 g/mol. The maximum Gasteiger partial charge on any atom is 0.234 e. The second-order valence-electron chi connectivity index (χ2n) is 6.20. The lowest BCUT2D eigenvalue weighted by Crippen LogP contribution is -2.34. The number of benzene rings is 2. The van der Waals surface area contributed by atoms with Crippen LogP contribution in [0.1, 0.15) is 31.9 Å². The Hall–Kier alpha value is -2.49. The molecule has 2 aromatic rings. The van der Waals surface area contributed by atoms with Crippen LogP contribution in [0.5, 0.6) is 11.5 Å². The summed E-state index contributed by atoms with van der Waals surface area (Å²) in [6.07, 6.45) is 0.978. The summed E-state index contributed by atoms with van der Waals surface area (Å²) >= 11 is 0. The van der Waals surface area contributed by atoms with Crippen molar-refractivity contribution >= 4 is 11.6 Å². The molecule has 0 radical (unpaired) electrons. The van der Waals surface area contributed by atoms with Crippen molar-refractivity contribution in [1.29, 1.82) is 0 Å². The lowest BCUT2D eigenvalue weighted by Gasteiger charge is -2.25. The highest BCUT2D eigenvalue weighted by molar-refractivity contribution is 5.98. The van der Waals surface area contributed by atoms with Gasteiger partial charge in [0.25, 0.3) is 0 Å². The van der Waals surface area contributed by atoms with Gasteiger partial charge in [0, 0.05) is 5.69 Å². The summed E-state index contributed by atoms with van der Waals surface area (Å²) in [7, 11) is 3.18. The van der Waals surface area contributed by atoms with Crippen molar-refractivity contribution < 1.29 is 14.3 Å². The Labute approximate surface area is 143 Å². The highest BCUT2D eigenvalue weighted by atomic mass is 16.5. The summed E-state index contributed by atoms with van der Waals surface area (Å²) in [5, 5.41) is 2.99. The van der Waals surface area contributed by atoms with Gasteiger partial charge in [-0.1, -0.05) is 25.1 Å². The number of hydrogen-bond acceptors (Lipinski definition) is 3. The molecule has 1 N–H and O–H groups in total. The molecule has 0 atom stereocenters. The third-order valence-corrected chi connectivity index (χ3v) is 4.29. The van der Waals surface area contributed by atoms with Gasteiger partial charge < -0.3 is 14.8 Å². The van der Waals surface area contributed by atoms with Crippen LogP contribution in [0, 0.1) is 0 Å². The first-order valence-electron chi connectivity index (χ1n) is 8.05. The zero-order chi connectivity index (χ0) is 17.7. The molecule has 0 aromatic heterocycles. The summed E-state index contributed by atoms with van der Waals surface area (Å²) in [4.78, 5) is 12.8. The quantitative estimate of drug-likeness (QED) is 0.865. The van der Waals surface area contributed by atoms with E-state index >= 15 is 0 Å². The van der Waals surface area contributed by atoms with Crippen molar-refractivity contribution in [2.24, 2.45) is 0 Å². The van der Waals surface area contributed by atoms with Crippen molar-refractivity contribution in [3.63, 3.8) is 0 Å². The van der Waals surface area contributed by atoms with Gasteiger partial charge in [-0.15, -0.1) is 0 Å². The van der Waals surface area contributed by atoms with Gasteiger partial charge in [-0.25, -0.2) is 0 Å². The monoisotopic (exact) mass is 327 g/mol. The second-order valence-corrected chi connectivity index (χ2v) is 6.20. The van der Waals surface area contributed by atoms with Crippen LogP contribution >= 0.6 is 0 Å². The smallest absolute Gasteiger partial charge is 0.234 e. The van der Waals surface area contributed by atoms with Gasteiger partial charge in [-0.05, 0) is 55.7 Å². The third kappa shape index (κ3) is 3.70. The molecule has 0 fully saturated rings. The summed E-state index contributed by atoms with van der Waals surface area (Å²) in [5.41, 5.74) is 2.20. The Kier molecular flexibility index (Phi) is 5.50. The van der Waals surface area contributed by atoms with E-state index in [0.717, 1.165) is 17.7 Å². The first-order chi connectivity index (χ1) is 11.4. The van der Waals surface area contributed by atoms with Crippen LogP contribution in [-0.2, 0) is 16.6 Å². The van der Waals surface area contributed by atoms with E-state index in [1.165, 1.54) is 5.56 Å². The summed E-state index contributed by atoms with van der Waals surface area (Å²) in [6, 6.07) is 13.5. The van der Waals surface area contributed by atoms with Crippen LogP contribution in [0.3, 0.4) is 0 Å². The Bertz CT molecular complexity index is 705. The summed E-state index contributed by atoms with van der Waals surface area (Å²) < 4.78 is 10.6. The lowest BCUT2D eigenvalue weighted by molar-refractivity contribution is -0.120. The van der Waals surface area contributed by atoms with Crippen LogP contribution in [0.25, 0.3) is 0 Å². The molecule has 0 bridgehead atoms. The molecule has 2 aromatic carbocycles. The highest BCUT2D eigenvalue weighted by Crippen LogP contribution is 2.33. The standard InChI is InChI=1S/C20H25NO3/c1-6-14-7-10-16(11-8-14)21-19(22)20(2,3)15-9-12-17(23-4)18(13-15)24-5/h7-13H,6H2,1-5H3,(H,21,22). The number of carbonyl (C=O) groups is 1. The Morgan fingerprint density at radius 2 is 1.62 bits per heavy atom. The maximum absolute atomic E-state index is 12.8. The average Bonchev–Trinajstić information content (AvgIpc) is 2.61. The Balaban J connectivity index is 2.23. The van der Waals surface area contributed by atoms with Crippen molar-refractivity contribution in [3.8, 4) is 11.5 Å². The molecule has 1 amide bonds. The van der Waals surface area contributed by atoms with Gasteiger partial charge in [-0.2, -0.15) is 0 Å². The predicted molar refractivity (Wildman–Crippen MR) is 97.0 cm³/mol. The Morgan fingerprint density at radius 3 is 2.17 bits per heavy atom. The summed E-state index contributed by atoms with van der Waals surface area (Å²) in [6.45, 7) is 5.89. The normalized spacial score (nSPS) is 11.0. The fourth-order valence-corrected chi connectivity index (χ4v) is 2.47. The van der Waals surface area contributed by atoms with Crippen LogP contribution in [0.2, 0.25) is 0 Å². The average molecular weight is 327 g/mol. The van der Waals surface area contributed by atoms with Gasteiger partial charge >= 0.3 is 0 Å². The number of carbonyl (C=O) groups excluding carboxylic acids is 1. The number of methoxy groups -OCH3 is 2. The summed E-state index contributed by atoms with van der Waals surface area (Å²) in [5.74, 6) is 1.19.